The van der Waals surface area contributed by atoms with Gasteiger partial charge in [0.25, 0.3) is 0 Å². The smallest absolute Gasteiger partial charge is 0.245 e. The van der Waals surface area contributed by atoms with Crippen molar-refractivity contribution >= 4 is 11.8 Å². The van der Waals surface area contributed by atoms with Crippen LogP contribution in [-0.4, -0.2) is 48.4 Å². The topological polar surface area (TPSA) is 59.1 Å². The Kier molecular flexibility index (Phi) is 5.64. The van der Waals surface area contributed by atoms with Crippen LogP contribution in [0.1, 0.15) is 18.1 Å². The molecule has 0 spiro atoms. The molecule has 0 bridgehead atoms. The quantitative estimate of drug-likeness (QED) is 0.786. The number of rotatable bonds is 6. The summed E-state index contributed by atoms with van der Waals surface area (Å²) < 4.78 is 10.8. The highest BCUT2D eigenvalue weighted by atomic mass is 16.5. The van der Waals surface area contributed by atoms with Gasteiger partial charge in [-0.05, 0) is 18.6 Å². The molecular weight excluding hydrogens is 344 g/mol. The average molecular weight is 368 g/mol. The Morgan fingerprint density at radius 3 is 2.37 bits per heavy atom. The molecule has 1 heterocycles. The maximum Gasteiger partial charge on any atom is 0.245 e. The first-order chi connectivity index (χ1) is 13.0. The van der Waals surface area contributed by atoms with E-state index >= 15 is 0 Å². The lowest BCUT2D eigenvalue weighted by Crippen LogP contribution is -2.58. The molecule has 142 valence electrons. The SMILES string of the molecule is COc1cccc(CN2C(=O)CN(Cc3ccccc3)C(=O)[C@H]2C)c1OC. The van der Waals surface area contributed by atoms with Crippen LogP contribution in [0.25, 0.3) is 0 Å². The van der Waals surface area contributed by atoms with E-state index in [9.17, 15) is 9.59 Å². The zero-order valence-corrected chi connectivity index (χ0v) is 15.8. The molecule has 2 aromatic rings. The largest absolute Gasteiger partial charge is 0.493 e. The third-order valence-corrected chi connectivity index (χ3v) is 4.82. The monoisotopic (exact) mass is 368 g/mol. The number of ether oxygens (including phenoxy) is 2. The van der Waals surface area contributed by atoms with E-state index in [0.29, 0.717) is 24.6 Å². The third-order valence-electron chi connectivity index (χ3n) is 4.82. The summed E-state index contributed by atoms with van der Waals surface area (Å²) in [6, 6.07) is 14.7. The zero-order chi connectivity index (χ0) is 19.4. The van der Waals surface area contributed by atoms with Gasteiger partial charge in [-0.15, -0.1) is 0 Å². The van der Waals surface area contributed by atoms with Gasteiger partial charge in [-0.3, -0.25) is 9.59 Å². The number of hydrogen-bond acceptors (Lipinski definition) is 4. The number of para-hydroxylation sites is 1. The second-order valence-electron chi connectivity index (χ2n) is 6.53. The zero-order valence-electron chi connectivity index (χ0n) is 15.8. The Balaban J connectivity index is 1.77. The molecule has 27 heavy (non-hydrogen) atoms. The van der Waals surface area contributed by atoms with Crippen molar-refractivity contribution < 1.29 is 19.1 Å². The molecule has 0 radical (unpaired) electrons. The van der Waals surface area contributed by atoms with Crippen LogP contribution in [0, 0.1) is 0 Å². The van der Waals surface area contributed by atoms with E-state index in [1.54, 1.807) is 37.0 Å². The third kappa shape index (κ3) is 3.89. The Morgan fingerprint density at radius 1 is 0.963 bits per heavy atom. The second-order valence-corrected chi connectivity index (χ2v) is 6.53. The number of benzene rings is 2. The highest BCUT2D eigenvalue weighted by Crippen LogP contribution is 2.32. The maximum atomic E-state index is 12.8. The molecule has 0 N–H and O–H groups in total. The summed E-state index contributed by atoms with van der Waals surface area (Å²) in [5.74, 6) is 1.05. The van der Waals surface area contributed by atoms with Crippen molar-refractivity contribution in [2.45, 2.75) is 26.1 Å². The van der Waals surface area contributed by atoms with Crippen LogP contribution in [0.3, 0.4) is 0 Å². The van der Waals surface area contributed by atoms with Gasteiger partial charge in [-0.1, -0.05) is 42.5 Å². The lowest BCUT2D eigenvalue weighted by molar-refractivity contribution is -0.156. The molecular formula is C21H24N2O4. The highest BCUT2D eigenvalue weighted by Gasteiger charge is 2.36. The number of piperazine rings is 1. The van der Waals surface area contributed by atoms with Gasteiger partial charge in [0.05, 0.1) is 20.8 Å². The van der Waals surface area contributed by atoms with Crippen LogP contribution >= 0.6 is 0 Å². The van der Waals surface area contributed by atoms with Crippen LogP contribution in [0.5, 0.6) is 11.5 Å². The molecule has 1 saturated heterocycles. The molecule has 1 fully saturated rings. The van der Waals surface area contributed by atoms with Crippen LogP contribution < -0.4 is 9.47 Å². The van der Waals surface area contributed by atoms with Crippen molar-refractivity contribution in [1.29, 1.82) is 0 Å². The predicted molar refractivity (Wildman–Crippen MR) is 101 cm³/mol. The Hall–Kier alpha value is -3.02. The van der Waals surface area contributed by atoms with E-state index in [1.807, 2.05) is 42.5 Å². The summed E-state index contributed by atoms with van der Waals surface area (Å²) in [7, 11) is 3.14. The molecule has 2 aromatic carbocycles. The fraction of sp³-hybridized carbons (Fsp3) is 0.333. The molecule has 3 rings (SSSR count). The summed E-state index contributed by atoms with van der Waals surface area (Å²) in [5, 5.41) is 0. The number of carbonyl (C=O) groups is 2. The minimum Gasteiger partial charge on any atom is -0.493 e. The van der Waals surface area contributed by atoms with Gasteiger partial charge in [0.2, 0.25) is 11.8 Å². The van der Waals surface area contributed by atoms with Crippen LogP contribution in [-0.2, 0) is 22.7 Å². The predicted octanol–water partition coefficient (Wildman–Crippen LogP) is 2.46. The van der Waals surface area contributed by atoms with Gasteiger partial charge in [0.1, 0.15) is 12.6 Å². The van der Waals surface area contributed by atoms with Crippen LogP contribution in [0.4, 0.5) is 0 Å². The standard InChI is InChI=1S/C21H24N2O4/c1-15-21(25)22(12-16-8-5-4-6-9-16)14-19(24)23(15)13-17-10-7-11-18(26-2)20(17)27-3/h4-11,15H,12-14H2,1-3H3/t15-/m1/s1. The first-order valence-electron chi connectivity index (χ1n) is 8.87. The van der Waals surface area contributed by atoms with Crippen molar-refractivity contribution in [2.75, 3.05) is 20.8 Å². The summed E-state index contributed by atoms with van der Waals surface area (Å²) in [6.07, 6.45) is 0. The number of methoxy groups -OCH3 is 2. The van der Waals surface area contributed by atoms with Gasteiger partial charge in [0.15, 0.2) is 11.5 Å². The van der Waals surface area contributed by atoms with Crippen molar-refractivity contribution in [2.24, 2.45) is 0 Å². The molecule has 6 nitrogen and oxygen atoms in total. The second kappa shape index (κ2) is 8.12. The number of carbonyl (C=O) groups excluding carboxylic acids is 2. The van der Waals surface area contributed by atoms with Gasteiger partial charge in [-0.25, -0.2) is 0 Å². The molecule has 0 saturated carbocycles. The van der Waals surface area contributed by atoms with E-state index in [0.717, 1.165) is 11.1 Å². The lowest BCUT2D eigenvalue weighted by Gasteiger charge is -2.39. The van der Waals surface area contributed by atoms with E-state index in [2.05, 4.69) is 0 Å². The molecule has 0 aromatic heterocycles. The fourth-order valence-corrected chi connectivity index (χ4v) is 3.37. The summed E-state index contributed by atoms with van der Waals surface area (Å²) in [6.45, 7) is 2.58. The molecule has 1 aliphatic rings. The van der Waals surface area contributed by atoms with Crippen molar-refractivity contribution in [3.05, 3.63) is 59.7 Å². The number of hydrogen-bond donors (Lipinski definition) is 0. The molecule has 2 amide bonds. The van der Waals surface area contributed by atoms with E-state index in [1.165, 1.54) is 0 Å². The first-order valence-corrected chi connectivity index (χ1v) is 8.87. The van der Waals surface area contributed by atoms with Gasteiger partial charge in [0, 0.05) is 12.1 Å². The fourth-order valence-electron chi connectivity index (χ4n) is 3.37. The van der Waals surface area contributed by atoms with E-state index in [-0.39, 0.29) is 18.4 Å². The van der Waals surface area contributed by atoms with Crippen molar-refractivity contribution in [3.8, 4) is 11.5 Å². The highest BCUT2D eigenvalue weighted by molar-refractivity contribution is 5.94. The minimum atomic E-state index is -0.536. The molecule has 1 atom stereocenters. The molecule has 0 aliphatic carbocycles. The van der Waals surface area contributed by atoms with E-state index < -0.39 is 6.04 Å². The Morgan fingerprint density at radius 2 is 1.70 bits per heavy atom. The number of amides is 2. The van der Waals surface area contributed by atoms with Crippen LogP contribution in [0.2, 0.25) is 0 Å². The maximum absolute atomic E-state index is 12.8. The van der Waals surface area contributed by atoms with Crippen molar-refractivity contribution in [3.63, 3.8) is 0 Å². The van der Waals surface area contributed by atoms with Gasteiger partial charge in [-0.2, -0.15) is 0 Å². The Labute approximate surface area is 159 Å². The lowest BCUT2D eigenvalue weighted by atomic mass is 10.1. The summed E-state index contributed by atoms with van der Waals surface area (Å²) in [4.78, 5) is 28.8. The van der Waals surface area contributed by atoms with Gasteiger partial charge >= 0.3 is 0 Å². The summed E-state index contributed by atoms with van der Waals surface area (Å²) in [5.41, 5.74) is 1.81. The molecule has 0 unspecified atom stereocenters. The Bertz CT molecular complexity index is 822. The van der Waals surface area contributed by atoms with Crippen LogP contribution in [0.15, 0.2) is 48.5 Å². The molecule has 1 aliphatic heterocycles. The first kappa shape index (κ1) is 18.8. The summed E-state index contributed by atoms with van der Waals surface area (Å²) >= 11 is 0. The average Bonchev–Trinajstić information content (AvgIpc) is 2.69. The molecule has 6 heteroatoms. The normalized spacial score (nSPS) is 17.2. The van der Waals surface area contributed by atoms with Gasteiger partial charge < -0.3 is 19.3 Å². The van der Waals surface area contributed by atoms with Crippen molar-refractivity contribution in [1.82, 2.24) is 9.80 Å². The van der Waals surface area contributed by atoms with E-state index in [4.69, 9.17) is 9.47 Å². The number of nitrogens with zero attached hydrogens (tertiary/aromatic N) is 2. The minimum absolute atomic E-state index is 0.0553.